The van der Waals surface area contributed by atoms with Gasteiger partial charge in [-0.1, -0.05) is 0 Å². The molecule has 0 radical (unpaired) electrons. The van der Waals surface area contributed by atoms with Crippen LogP contribution < -0.4 is 11.1 Å². The van der Waals surface area contributed by atoms with Crippen LogP contribution in [0.15, 0.2) is 24.4 Å². The third-order valence-electron chi connectivity index (χ3n) is 2.29. The molecule has 14 heavy (non-hydrogen) atoms. The average molecular weight is 187 g/mol. The van der Waals surface area contributed by atoms with E-state index in [9.17, 15) is 0 Å². The zero-order valence-corrected chi connectivity index (χ0v) is 8.33. The zero-order chi connectivity index (χ0) is 10.1. The quantitative estimate of drug-likeness (QED) is 0.673. The maximum absolute atomic E-state index is 5.93. The van der Waals surface area contributed by atoms with Crippen LogP contribution in [0.1, 0.15) is 5.56 Å². The highest BCUT2D eigenvalue weighted by Gasteiger charge is 2.03. The highest BCUT2D eigenvalue weighted by Crippen LogP contribution is 2.26. The molecule has 0 spiro atoms. The van der Waals surface area contributed by atoms with Crippen molar-refractivity contribution >= 4 is 22.3 Å². The van der Waals surface area contributed by atoms with Crippen LogP contribution in [-0.2, 0) is 0 Å². The lowest BCUT2D eigenvalue weighted by molar-refractivity contribution is 1.31. The summed E-state index contributed by atoms with van der Waals surface area (Å²) in [5.74, 6) is 0.873. The molecule has 0 unspecified atom stereocenters. The van der Waals surface area contributed by atoms with E-state index < -0.39 is 0 Å². The Bertz CT molecular complexity index is 477. The van der Waals surface area contributed by atoms with Gasteiger partial charge in [-0.05, 0) is 30.7 Å². The Kier molecular flexibility index (Phi) is 2.00. The van der Waals surface area contributed by atoms with Crippen LogP contribution in [0, 0.1) is 6.92 Å². The molecule has 0 atom stereocenters. The van der Waals surface area contributed by atoms with Gasteiger partial charge < -0.3 is 11.1 Å². The van der Waals surface area contributed by atoms with Crippen molar-refractivity contribution in [1.29, 1.82) is 0 Å². The van der Waals surface area contributed by atoms with Crippen LogP contribution >= 0.6 is 0 Å². The topological polar surface area (TPSA) is 50.9 Å². The number of nitrogens with two attached hydrogens (primary N) is 1. The van der Waals surface area contributed by atoms with Crippen molar-refractivity contribution in [1.82, 2.24) is 4.98 Å². The number of fused-ring (bicyclic) bond motifs is 1. The van der Waals surface area contributed by atoms with Crippen molar-refractivity contribution < 1.29 is 0 Å². The average Bonchev–Trinajstić information content (AvgIpc) is 2.17. The van der Waals surface area contributed by atoms with Crippen molar-refractivity contribution in [3.63, 3.8) is 0 Å². The molecule has 3 nitrogen and oxygen atoms in total. The maximum Gasteiger partial charge on any atom is 0.133 e. The van der Waals surface area contributed by atoms with Gasteiger partial charge in [0.05, 0.1) is 0 Å². The number of rotatable bonds is 1. The van der Waals surface area contributed by atoms with Crippen LogP contribution in [-0.4, -0.2) is 12.0 Å². The summed E-state index contributed by atoms with van der Waals surface area (Å²) in [6.45, 7) is 2.03. The van der Waals surface area contributed by atoms with Crippen molar-refractivity contribution in [3.8, 4) is 0 Å². The van der Waals surface area contributed by atoms with Gasteiger partial charge in [0.2, 0.25) is 0 Å². The molecule has 1 aromatic heterocycles. The van der Waals surface area contributed by atoms with Gasteiger partial charge in [0.25, 0.3) is 0 Å². The summed E-state index contributed by atoms with van der Waals surface area (Å²) < 4.78 is 0. The minimum Gasteiger partial charge on any atom is -0.398 e. The molecule has 1 heterocycles. The first-order valence-electron chi connectivity index (χ1n) is 4.55. The van der Waals surface area contributed by atoms with E-state index in [2.05, 4.69) is 16.4 Å². The van der Waals surface area contributed by atoms with Crippen LogP contribution in [0.2, 0.25) is 0 Å². The lowest BCUT2D eigenvalue weighted by Crippen LogP contribution is -1.95. The smallest absolute Gasteiger partial charge is 0.133 e. The van der Waals surface area contributed by atoms with Crippen LogP contribution in [0.5, 0.6) is 0 Å². The number of anilines is 2. The summed E-state index contributed by atoms with van der Waals surface area (Å²) in [4.78, 5) is 4.24. The molecule has 2 aromatic rings. The molecule has 0 amide bonds. The normalized spacial score (nSPS) is 10.4. The van der Waals surface area contributed by atoms with Crippen LogP contribution in [0.25, 0.3) is 10.8 Å². The van der Waals surface area contributed by atoms with E-state index in [4.69, 9.17) is 5.73 Å². The zero-order valence-electron chi connectivity index (χ0n) is 8.33. The summed E-state index contributed by atoms with van der Waals surface area (Å²) in [7, 11) is 1.86. The number of aromatic nitrogens is 1. The molecule has 0 aliphatic carbocycles. The molecule has 3 heteroatoms. The number of nitrogens with one attached hydrogen (secondary N) is 1. The van der Waals surface area contributed by atoms with Crippen molar-refractivity contribution in [2.24, 2.45) is 0 Å². The highest BCUT2D eigenvalue weighted by molar-refractivity contribution is 5.99. The number of pyridine rings is 1. The van der Waals surface area contributed by atoms with E-state index in [0.29, 0.717) is 0 Å². The first-order valence-corrected chi connectivity index (χ1v) is 4.55. The Hall–Kier alpha value is -1.77. The third-order valence-corrected chi connectivity index (χ3v) is 2.29. The fraction of sp³-hybridized carbons (Fsp3) is 0.182. The van der Waals surface area contributed by atoms with Crippen molar-refractivity contribution in [2.45, 2.75) is 6.92 Å². The van der Waals surface area contributed by atoms with Gasteiger partial charge in [-0.15, -0.1) is 0 Å². The molecular formula is C11H13N3. The second kappa shape index (κ2) is 3.18. The predicted molar refractivity (Wildman–Crippen MR) is 60.4 cm³/mol. The first kappa shape index (κ1) is 8.81. The Morgan fingerprint density at radius 2 is 2.07 bits per heavy atom. The fourth-order valence-corrected chi connectivity index (χ4v) is 1.66. The van der Waals surface area contributed by atoms with Crippen molar-refractivity contribution in [2.75, 3.05) is 18.1 Å². The molecule has 3 N–H and O–H groups in total. The standard InChI is InChI=1S/C11H13N3/c1-7-5-9-8(10(12)6-7)3-4-14-11(9)13-2/h3-6H,12H2,1-2H3,(H,13,14). The number of hydrogen-bond acceptors (Lipinski definition) is 3. The number of benzene rings is 1. The molecule has 2 rings (SSSR count). The van der Waals surface area contributed by atoms with E-state index in [1.54, 1.807) is 6.20 Å². The molecule has 0 fully saturated rings. The maximum atomic E-state index is 5.93. The second-order valence-electron chi connectivity index (χ2n) is 3.36. The van der Waals surface area contributed by atoms with Gasteiger partial charge >= 0.3 is 0 Å². The molecule has 0 bridgehead atoms. The van der Waals surface area contributed by atoms with E-state index in [1.165, 1.54) is 0 Å². The molecular weight excluding hydrogens is 174 g/mol. The largest absolute Gasteiger partial charge is 0.398 e. The van der Waals surface area contributed by atoms with Crippen LogP contribution in [0.3, 0.4) is 0 Å². The fourth-order valence-electron chi connectivity index (χ4n) is 1.66. The lowest BCUT2D eigenvalue weighted by atomic mass is 10.1. The van der Waals surface area contributed by atoms with E-state index in [0.717, 1.165) is 27.8 Å². The van der Waals surface area contributed by atoms with Gasteiger partial charge in [0, 0.05) is 29.7 Å². The van der Waals surface area contributed by atoms with Gasteiger partial charge in [0.15, 0.2) is 0 Å². The number of nitrogens with zero attached hydrogens (tertiary/aromatic N) is 1. The molecule has 72 valence electrons. The second-order valence-corrected chi connectivity index (χ2v) is 3.36. The van der Waals surface area contributed by atoms with Crippen molar-refractivity contribution in [3.05, 3.63) is 30.0 Å². The Morgan fingerprint density at radius 1 is 1.29 bits per heavy atom. The number of nitrogen functional groups attached to an aromatic ring is 1. The van der Waals surface area contributed by atoms with Gasteiger partial charge in [0.1, 0.15) is 5.82 Å². The van der Waals surface area contributed by atoms with E-state index in [-0.39, 0.29) is 0 Å². The summed E-state index contributed by atoms with van der Waals surface area (Å²) in [5, 5.41) is 5.18. The van der Waals surface area contributed by atoms with E-state index >= 15 is 0 Å². The highest BCUT2D eigenvalue weighted by atomic mass is 14.9. The third kappa shape index (κ3) is 1.27. The summed E-state index contributed by atoms with van der Waals surface area (Å²) in [6.07, 6.45) is 1.76. The first-order chi connectivity index (χ1) is 6.72. The Labute approximate surface area is 83.0 Å². The number of aryl methyl sites for hydroxylation is 1. The molecule has 0 aliphatic rings. The van der Waals surface area contributed by atoms with Gasteiger partial charge in [-0.25, -0.2) is 4.98 Å². The Morgan fingerprint density at radius 3 is 2.79 bits per heavy atom. The molecule has 0 saturated heterocycles. The summed E-state index contributed by atoms with van der Waals surface area (Å²) in [6, 6.07) is 6.00. The molecule has 0 aliphatic heterocycles. The summed E-state index contributed by atoms with van der Waals surface area (Å²) >= 11 is 0. The van der Waals surface area contributed by atoms with Gasteiger partial charge in [-0.2, -0.15) is 0 Å². The lowest BCUT2D eigenvalue weighted by Gasteiger charge is -2.07. The summed E-state index contributed by atoms with van der Waals surface area (Å²) in [5.41, 5.74) is 7.88. The minimum absolute atomic E-state index is 0.805. The predicted octanol–water partition coefficient (Wildman–Crippen LogP) is 2.17. The molecule has 1 aromatic carbocycles. The van der Waals surface area contributed by atoms with E-state index in [1.807, 2.05) is 26.1 Å². The Balaban J connectivity index is 2.86. The number of hydrogen-bond donors (Lipinski definition) is 2. The monoisotopic (exact) mass is 187 g/mol. The minimum atomic E-state index is 0.805. The molecule has 0 saturated carbocycles. The van der Waals surface area contributed by atoms with Crippen LogP contribution in [0.4, 0.5) is 11.5 Å². The SMILES string of the molecule is CNc1nccc2c(N)cc(C)cc12. The van der Waals surface area contributed by atoms with Gasteiger partial charge in [-0.3, -0.25) is 0 Å².